The Kier molecular flexibility index (Phi) is 11.3. The molecule has 0 bridgehead atoms. The van der Waals surface area contributed by atoms with Gasteiger partial charge in [0, 0.05) is 31.3 Å². The molecule has 0 saturated heterocycles. The predicted molar refractivity (Wildman–Crippen MR) is 198 cm³/mol. The van der Waals surface area contributed by atoms with Crippen LogP contribution < -0.4 is 31.3 Å². The van der Waals surface area contributed by atoms with Crippen LogP contribution in [0.5, 0.6) is 0 Å². The minimum absolute atomic E-state index is 0.601. The van der Waals surface area contributed by atoms with E-state index in [1.165, 1.54) is 0 Å². The molecule has 0 aliphatic heterocycles. The number of hydrogen-bond acceptors (Lipinski definition) is 14. The first-order chi connectivity index (χ1) is 33.2. The van der Waals surface area contributed by atoms with Crippen LogP contribution in [0.4, 0.5) is 65.9 Å². The van der Waals surface area contributed by atoms with Gasteiger partial charge in [-0.25, -0.2) is 56.2 Å². The van der Waals surface area contributed by atoms with Gasteiger partial charge in [-0.05, 0) is 6.92 Å². The summed E-state index contributed by atoms with van der Waals surface area (Å²) in [5, 5.41) is 67.2. The Morgan fingerprint density at radius 3 is 0.718 bits per heavy atom. The second-order valence-electron chi connectivity index (χ2n) is 13.9. The van der Waals surface area contributed by atoms with Crippen molar-refractivity contribution >= 4 is 51.7 Å². The molecule has 7 rings (SSSR count). The topological polar surface area (TPSA) is 268 Å². The highest BCUT2D eigenvalue weighted by Gasteiger charge is 2.44. The molecule has 14 nitrogen and oxygen atoms in total. The SMILES string of the molecule is Cc1nc(/C(C#N)=C2/C(F)=c3c4c(c5c(c3=C2F)=C(F)/C(=C(\C#N)c2nc(C#N)c(C(F)(F)F)c(C#N)n2)C=5F)=C(F)/C(=C(\C#N)c2nc(C#N)c(C(F)(F)F)c(C#N)n2)C=4F)nc(C#N)c1C(F)(F)F. The Balaban J connectivity index is 1.79. The minimum Gasteiger partial charge on any atom is -0.232 e. The van der Waals surface area contributed by atoms with Crippen molar-refractivity contribution < 1.29 is 65.9 Å². The lowest BCUT2D eigenvalue weighted by atomic mass is 10.1. The highest BCUT2D eigenvalue weighted by molar-refractivity contribution is 6.04. The Bertz CT molecular complexity index is 3890. The van der Waals surface area contributed by atoms with Gasteiger partial charge in [-0.1, -0.05) is 0 Å². The van der Waals surface area contributed by atoms with Gasteiger partial charge in [-0.3, -0.25) is 0 Å². The summed E-state index contributed by atoms with van der Waals surface area (Å²) in [4.78, 5) is 19.3. The highest BCUT2D eigenvalue weighted by atomic mass is 19.4. The minimum atomic E-state index is -5.57. The third-order valence-corrected chi connectivity index (χ3v) is 10.2. The molecule has 346 valence electrons. The van der Waals surface area contributed by atoms with Gasteiger partial charge >= 0.3 is 18.5 Å². The number of benzene rings is 1. The molecule has 0 saturated carbocycles. The van der Waals surface area contributed by atoms with Crippen molar-refractivity contribution in [3.8, 4) is 48.6 Å². The smallest absolute Gasteiger partial charge is 0.232 e. The van der Waals surface area contributed by atoms with Crippen molar-refractivity contribution in [2.75, 3.05) is 0 Å². The van der Waals surface area contributed by atoms with Gasteiger partial charge in [0.05, 0.1) is 22.4 Å². The zero-order valence-corrected chi connectivity index (χ0v) is 33.4. The molecule has 0 radical (unpaired) electrons. The molecule has 71 heavy (non-hydrogen) atoms. The quantitative estimate of drug-likeness (QED) is 0.206. The second kappa shape index (κ2) is 16.5. The lowest BCUT2D eigenvalue weighted by Crippen LogP contribution is -2.64. The van der Waals surface area contributed by atoms with Gasteiger partial charge in [0.25, 0.3) is 0 Å². The summed E-state index contributed by atoms with van der Waals surface area (Å²) in [6.45, 7) is 0.601. The maximum Gasteiger partial charge on any atom is 0.422 e. The van der Waals surface area contributed by atoms with E-state index in [0.717, 1.165) is 48.6 Å². The second-order valence-corrected chi connectivity index (χ2v) is 13.9. The van der Waals surface area contributed by atoms with Crippen LogP contribution in [0.1, 0.15) is 68.3 Å². The number of aryl methyl sites for hydroxylation is 1. The molecule has 0 atom stereocenters. The number of halogens is 15. The van der Waals surface area contributed by atoms with Crippen LogP contribution in [-0.4, -0.2) is 29.9 Å². The average molecular weight is 989 g/mol. The predicted octanol–water partition coefficient (Wildman–Crippen LogP) is 4.22. The first-order valence-electron chi connectivity index (χ1n) is 18.1. The molecule has 3 aromatic heterocycles. The Hall–Kier alpha value is -10.2. The van der Waals surface area contributed by atoms with E-state index < -0.39 is 187 Å². The zero-order chi connectivity index (χ0) is 52.7. The first-order valence-corrected chi connectivity index (χ1v) is 18.1. The average Bonchev–Trinajstić information content (AvgIpc) is 3.82. The Labute approximate surface area is 379 Å². The molecule has 1 aromatic carbocycles. The fourth-order valence-corrected chi connectivity index (χ4v) is 7.53. The van der Waals surface area contributed by atoms with Crippen LogP contribution in [-0.2, 0) is 18.5 Å². The normalized spacial score (nSPS) is 16.1. The number of allylic oxidation sites excluding steroid dienone is 6. The van der Waals surface area contributed by atoms with E-state index in [1.54, 1.807) is 0 Å². The molecule has 0 amide bonds. The molecular weight excluding hydrogens is 986 g/mol. The number of alkyl halides is 9. The van der Waals surface area contributed by atoms with Crippen molar-refractivity contribution in [1.29, 1.82) is 42.1 Å². The summed E-state index contributed by atoms with van der Waals surface area (Å²) < 4.78 is 228. The van der Waals surface area contributed by atoms with Crippen molar-refractivity contribution in [1.82, 2.24) is 29.9 Å². The van der Waals surface area contributed by atoms with E-state index >= 15 is 26.3 Å². The van der Waals surface area contributed by atoms with Gasteiger partial charge in [-0.2, -0.15) is 81.6 Å². The van der Waals surface area contributed by atoms with E-state index in [-0.39, 0.29) is 0 Å². The lowest BCUT2D eigenvalue weighted by molar-refractivity contribution is -0.139. The van der Waals surface area contributed by atoms with E-state index in [2.05, 4.69) is 29.9 Å². The fraction of sp³-hybridized carbons (Fsp3) is 0.0952. The number of aromatic nitrogens is 6. The van der Waals surface area contributed by atoms with Crippen LogP contribution in [0.25, 0.3) is 51.7 Å². The monoisotopic (exact) mass is 988 g/mol. The maximum absolute atomic E-state index is 17.2. The fourth-order valence-electron chi connectivity index (χ4n) is 7.53. The highest BCUT2D eigenvalue weighted by Crippen LogP contribution is 2.40. The van der Waals surface area contributed by atoms with Crippen molar-refractivity contribution in [2.24, 2.45) is 0 Å². The van der Waals surface area contributed by atoms with Crippen LogP contribution in [0.15, 0.2) is 16.7 Å². The molecular formula is C42H3F15N14. The molecule has 0 fully saturated rings. The van der Waals surface area contributed by atoms with Gasteiger partial charge < -0.3 is 0 Å². The molecule has 3 heterocycles. The summed E-state index contributed by atoms with van der Waals surface area (Å²) in [5.74, 6) is -18.6. The molecule has 0 spiro atoms. The van der Waals surface area contributed by atoms with Gasteiger partial charge in [0.2, 0.25) is 0 Å². The van der Waals surface area contributed by atoms with Crippen molar-refractivity contribution in [2.45, 2.75) is 25.5 Å². The third-order valence-electron chi connectivity index (χ3n) is 10.2. The van der Waals surface area contributed by atoms with Gasteiger partial charge in [0.1, 0.15) is 117 Å². The molecule has 3 aliphatic rings. The number of rotatable bonds is 3. The van der Waals surface area contributed by atoms with E-state index in [1.807, 2.05) is 0 Å². The largest absolute Gasteiger partial charge is 0.422 e. The molecule has 29 heteroatoms. The van der Waals surface area contributed by atoms with E-state index in [9.17, 15) is 81.6 Å². The van der Waals surface area contributed by atoms with Gasteiger partial charge in [-0.15, -0.1) is 0 Å². The molecule has 4 aromatic rings. The van der Waals surface area contributed by atoms with Gasteiger partial charge in [0.15, 0.2) is 45.9 Å². The number of nitriles is 8. The van der Waals surface area contributed by atoms with Crippen LogP contribution >= 0.6 is 0 Å². The molecule has 0 unspecified atom stereocenters. The summed E-state index contributed by atoms with van der Waals surface area (Å²) in [6, 6.07) is 8.04. The third kappa shape index (κ3) is 7.09. The summed E-state index contributed by atoms with van der Waals surface area (Å²) in [7, 11) is 0. The zero-order valence-electron chi connectivity index (χ0n) is 33.4. The lowest BCUT2D eigenvalue weighted by Gasteiger charge is -2.12. The summed E-state index contributed by atoms with van der Waals surface area (Å²) in [5.41, 5.74) is -26.4. The summed E-state index contributed by atoms with van der Waals surface area (Å²) >= 11 is 0. The van der Waals surface area contributed by atoms with E-state index in [4.69, 9.17) is 0 Å². The van der Waals surface area contributed by atoms with Crippen LogP contribution in [0.2, 0.25) is 0 Å². The first kappa shape index (κ1) is 48.7. The van der Waals surface area contributed by atoms with Crippen molar-refractivity contribution in [3.63, 3.8) is 0 Å². The van der Waals surface area contributed by atoms with E-state index in [0.29, 0.717) is 6.92 Å². The standard InChI is InChI=1S/C42H3F15N14/c1-10-28(40(49,50)51)14(5-61)67-37(66-10)11(2-58)19-31(43)22-23(32(19)44)25-27(36(48)21(34(25)46)13(4-60)39-70-17(8-64)30(42(55,56)57)18(9-65)71-39)26-24(22)33(45)20(35(26)47)12(3-59)38-68-15(6-62)29(41(52,53)54)16(7-63)69-38/h1H3/b19-11-,20-12+,21-13-. The van der Waals surface area contributed by atoms with Crippen LogP contribution in [0.3, 0.4) is 0 Å². The van der Waals surface area contributed by atoms with Crippen LogP contribution in [0, 0.1) is 97.6 Å². The molecule has 3 aliphatic carbocycles. The number of nitrogens with zero attached hydrogens (tertiary/aromatic N) is 14. The van der Waals surface area contributed by atoms with Crippen molar-refractivity contribution in [3.05, 3.63) is 116 Å². The number of fused-ring (bicyclic) bond motifs is 6. The molecule has 0 N–H and O–H groups in total. The number of hydrogen-bond donors (Lipinski definition) is 0. The maximum atomic E-state index is 17.2. The summed E-state index contributed by atoms with van der Waals surface area (Å²) in [6.07, 6.45) is -16.5. The Morgan fingerprint density at radius 1 is 0.338 bits per heavy atom. The Morgan fingerprint density at radius 2 is 0.535 bits per heavy atom.